The summed E-state index contributed by atoms with van der Waals surface area (Å²) in [6.07, 6.45) is 0. The predicted molar refractivity (Wildman–Crippen MR) is 69.9 cm³/mol. The summed E-state index contributed by atoms with van der Waals surface area (Å²) in [4.78, 5) is 24.2. The van der Waals surface area contributed by atoms with Crippen LogP contribution in [-0.2, 0) is 11.3 Å². The van der Waals surface area contributed by atoms with Gasteiger partial charge in [-0.1, -0.05) is 6.92 Å². The second-order valence-electron chi connectivity index (χ2n) is 4.60. The normalized spacial score (nSPS) is 11.0. The van der Waals surface area contributed by atoms with Crippen molar-refractivity contribution in [2.75, 3.05) is 13.1 Å². The number of carbonyl (C=O) groups is 2. The number of carboxylic acids is 1. The minimum absolute atomic E-state index is 0.0538. The van der Waals surface area contributed by atoms with E-state index >= 15 is 0 Å². The second kappa shape index (κ2) is 6.94. The van der Waals surface area contributed by atoms with Crippen LogP contribution < -0.4 is 5.32 Å². The second-order valence-corrected chi connectivity index (χ2v) is 4.60. The highest BCUT2D eigenvalue weighted by Gasteiger charge is 2.14. The zero-order valence-corrected chi connectivity index (χ0v) is 11.5. The molecular weight excluding hydrogens is 248 g/mol. The van der Waals surface area contributed by atoms with Gasteiger partial charge in [-0.15, -0.1) is 0 Å². The molecule has 0 aromatic carbocycles. The van der Waals surface area contributed by atoms with Crippen molar-refractivity contribution in [3.05, 3.63) is 23.7 Å². The van der Waals surface area contributed by atoms with E-state index in [4.69, 9.17) is 9.52 Å². The van der Waals surface area contributed by atoms with Crippen molar-refractivity contribution in [2.24, 2.45) is 0 Å². The molecule has 0 aliphatic carbocycles. The van der Waals surface area contributed by atoms with E-state index in [2.05, 4.69) is 5.32 Å². The number of carboxylic acid groups (broad SMARTS) is 1. The standard InChI is InChI=1S/C13H20N2O4/c1-4-15(8-12(16)14-9(2)3)7-10-5-6-11(19-10)13(17)18/h5-6,9H,4,7-8H2,1-3H3,(H,14,16)(H,17,18). The number of hydrogen-bond donors (Lipinski definition) is 2. The Morgan fingerprint density at radius 3 is 2.58 bits per heavy atom. The van der Waals surface area contributed by atoms with Gasteiger partial charge in [0, 0.05) is 6.04 Å². The lowest BCUT2D eigenvalue weighted by Gasteiger charge is -2.19. The Labute approximate surface area is 112 Å². The van der Waals surface area contributed by atoms with Gasteiger partial charge >= 0.3 is 5.97 Å². The highest BCUT2D eigenvalue weighted by atomic mass is 16.4. The lowest BCUT2D eigenvalue weighted by atomic mass is 10.3. The molecule has 0 saturated heterocycles. The van der Waals surface area contributed by atoms with E-state index in [9.17, 15) is 9.59 Å². The summed E-state index contributed by atoms with van der Waals surface area (Å²) in [7, 11) is 0. The van der Waals surface area contributed by atoms with Crippen molar-refractivity contribution in [3.8, 4) is 0 Å². The molecule has 0 radical (unpaired) electrons. The van der Waals surface area contributed by atoms with Crippen molar-refractivity contribution in [1.29, 1.82) is 0 Å². The summed E-state index contributed by atoms with van der Waals surface area (Å²) in [6, 6.07) is 3.14. The molecule has 0 fully saturated rings. The summed E-state index contributed by atoms with van der Waals surface area (Å²) in [5.41, 5.74) is 0. The quantitative estimate of drug-likeness (QED) is 0.779. The summed E-state index contributed by atoms with van der Waals surface area (Å²) in [5.74, 6) is -0.692. The van der Waals surface area contributed by atoms with Gasteiger partial charge in [-0.05, 0) is 32.5 Å². The van der Waals surface area contributed by atoms with Crippen LogP contribution >= 0.6 is 0 Å². The number of likely N-dealkylation sites (N-methyl/N-ethyl adjacent to an activating group) is 1. The molecule has 6 nitrogen and oxygen atoms in total. The van der Waals surface area contributed by atoms with Gasteiger partial charge in [0.2, 0.25) is 11.7 Å². The van der Waals surface area contributed by atoms with Gasteiger partial charge in [0.05, 0.1) is 13.1 Å². The fraction of sp³-hybridized carbons (Fsp3) is 0.538. The van der Waals surface area contributed by atoms with Crippen LogP contribution in [-0.4, -0.2) is 41.0 Å². The number of nitrogens with one attached hydrogen (secondary N) is 1. The minimum atomic E-state index is -1.09. The maximum atomic E-state index is 11.6. The number of aromatic carboxylic acids is 1. The first-order valence-electron chi connectivity index (χ1n) is 6.26. The van der Waals surface area contributed by atoms with Crippen LogP contribution in [0.2, 0.25) is 0 Å². The molecule has 106 valence electrons. The van der Waals surface area contributed by atoms with Gasteiger partial charge in [0.1, 0.15) is 5.76 Å². The SMILES string of the molecule is CCN(CC(=O)NC(C)C)Cc1ccc(C(=O)O)o1. The topological polar surface area (TPSA) is 82.8 Å². The van der Waals surface area contributed by atoms with Gasteiger partial charge < -0.3 is 14.8 Å². The molecule has 1 heterocycles. The molecule has 2 N–H and O–H groups in total. The monoisotopic (exact) mass is 268 g/mol. The van der Waals surface area contributed by atoms with Gasteiger partial charge in [0.25, 0.3) is 0 Å². The van der Waals surface area contributed by atoms with Crippen molar-refractivity contribution in [2.45, 2.75) is 33.4 Å². The number of hydrogen-bond acceptors (Lipinski definition) is 4. The minimum Gasteiger partial charge on any atom is -0.475 e. The first-order chi connectivity index (χ1) is 8.92. The van der Waals surface area contributed by atoms with E-state index in [-0.39, 0.29) is 24.3 Å². The fourth-order valence-electron chi connectivity index (χ4n) is 1.65. The van der Waals surface area contributed by atoms with Crippen molar-refractivity contribution < 1.29 is 19.1 Å². The largest absolute Gasteiger partial charge is 0.475 e. The summed E-state index contributed by atoms with van der Waals surface area (Å²) in [5, 5.41) is 11.6. The van der Waals surface area contributed by atoms with Crippen LogP contribution in [0.15, 0.2) is 16.5 Å². The number of amides is 1. The van der Waals surface area contributed by atoms with E-state index in [1.807, 2.05) is 25.7 Å². The summed E-state index contributed by atoms with van der Waals surface area (Å²) >= 11 is 0. The van der Waals surface area contributed by atoms with E-state index < -0.39 is 5.97 Å². The third-order valence-corrected chi connectivity index (χ3v) is 2.52. The lowest BCUT2D eigenvalue weighted by Crippen LogP contribution is -2.39. The zero-order chi connectivity index (χ0) is 14.4. The molecule has 0 aliphatic rings. The Bertz CT molecular complexity index is 440. The molecule has 1 rings (SSSR count). The molecular formula is C13H20N2O4. The number of furan rings is 1. The average molecular weight is 268 g/mol. The molecule has 1 aromatic rings. The molecule has 0 spiro atoms. The molecule has 0 atom stereocenters. The highest BCUT2D eigenvalue weighted by Crippen LogP contribution is 2.10. The van der Waals surface area contributed by atoms with Gasteiger partial charge in [-0.2, -0.15) is 0 Å². The smallest absolute Gasteiger partial charge is 0.371 e. The molecule has 0 saturated carbocycles. The third-order valence-electron chi connectivity index (χ3n) is 2.52. The molecule has 0 aliphatic heterocycles. The highest BCUT2D eigenvalue weighted by molar-refractivity contribution is 5.84. The maximum Gasteiger partial charge on any atom is 0.371 e. The predicted octanol–water partition coefficient (Wildman–Crippen LogP) is 1.32. The van der Waals surface area contributed by atoms with Crippen LogP contribution in [0, 0.1) is 0 Å². The zero-order valence-electron chi connectivity index (χ0n) is 11.5. The first kappa shape index (κ1) is 15.2. The molecule has 1 aromatic heterocycles. The van der Waals surface area contributed by atoms with E-state index in [1.165, 1.54) is 6.07 Å². The Morgan fingerprint density at radius 1 is 1.42 bits per heavy atom. The maximum absolute atomic E-state index is 11.6. The van der Waals surface area contributed by atoms with E-state index in [0.29, 0.717) is 18.8 Å². The number of nitrogens with zero attached hydrogens (tertiary/aromatic N) is 1. The Hall–Kier alpha value is -1.82. The molecule has 0 bridgehead atoms. The lowest BCUT2D eigenvalue weighted by molar-refractivity contribution is -0.122. The van der Waals surface area contributed by atoms with Gasteiger partial charge in [-0.3, -0.25) is 9.69 Å². The van der Waals surface area contributed by atoms with Crippen LogP contribution in [0.1, 0.15) is 37.1 Å². The third kappa shape index (κ3) is 5.13. The summed E-state index contributed by atoms with van der Waals surface area (Å²) in [6.45, 7) is 7.09. The first-order valence-corrected chi connectivity index (χ1v) is 6.26. The van der Waals surface area contributed by atoms with Crippen molar-refractivity contribution in [1.82, 2.24) is 10.2 Å². The molecule has 6 heteroatoms. The van der Waals surface area contributed by atoms with Gasteiger partial charge in [0.15, 0.2) is 0 Å². The molecule has 1 amide bonds. The van der Waals surface area contributed by atoms with Crippen molar-refractivity contribution in [3.63, 3.8) is 0 Å². The van der Waals surface area contributed by atoms with E-state index in [1.54, 1.807) is 6.07 Å². The van der Waals surface area contributed by atoms with Crippen LogP contribution in [0.5, 0.6) is 0 Å². The Balaban J connectivity index is 2.56. The molecule has 0 unspecified atom stereocenters. The Morgan fingerprint density at radius 2 is 2.11 bits per heavy atom. The van der Waals surface area contributed by atoms with E-state index in [0.717, 1.165) is 0 Å². The van der Waals surface area contributed by atoms with Gasteiger partial charge in [-0.25, -0.2) is 4.79 Å². The Kier molecular flexibility index (Phi) is 5.57. The fourth-order valence-corrected chi connectivity index (χ4v) is 1.65. The average Bonchev–Trinajstić information content (AvgIpc) is 2.75. The van der Waals surface area contributed by atoms with Crippen LogP contribution in [0.3, 0.4) is 0 Å². The number of rotatable bonds is 7. The van der Waals surface area contributed by atoms with Crippen molar-refractivity contribution >= 4 is 11.9 Å². The van der Waals surface area contributed by atoms with Crippen LogP contribution in [0.25, 0.3) is 0 Å². The van der Waals surface area contributed by atoms with Crippen LogP contribution in [0.4, 0.5) is 0 Å². The summed E-state index contributed by atoms with van der Waals surface area (Å²) < 4.78 is 5.17. The molecule has 19 heavy (non-hydrogen) atoms. The number of carbonyl (C=O) groups excluding carboxylic acids is 1.